The van der Waals surface area contributed by atoms with Gasteiger partial charge < -0.3 is 9.84 Å². The summed E-state index contributed by atoms with van der Waals surface area (Å²) in [5.41, 5.74) is 1.85. The number of aromatic nitrogens is 2. The van der Waals surface area contributed by atoms with Crippen LogP contribution in [0.15, 0.2) is 48.8 Å². The maximum Gasteiger partial charge on any atom is 0.337 e. The minimum atomic E-state index is -1.03. The third kappa shape index (κ3) is 2.29. The third-order valence-electron chi connectivity index (χ3n) is 3.21. The van der Waals surface area contributed by atoms with Gasteiger partial charge >= 0.3 is 5.97 Å². The highest BCUT2D eigenvalue weighted by atomic mass is 16.5. The summed E-state index contributed by atoms with van der Waals surface area (Å²) in [4.78, 5) is 20.0. The molecule has 0 aliphatic heterocycles. The Kier molecular flexibility index (Phi) is 3.23. The molecule has 1 aromatic carbocycles. The van der Waals surface area contributed by atoms with Gasteiger partial charge in [-0.1, -0.05) is 12.1 Å². The number of carboxylic acid groups (broad SMARTS) is 1. The molecule has 5 heteroatoms. The molecule has 0 saturated heterocycles. The van der Waals surface area contributed by atoms with Crippen LogP contribution in [0.5, 0.6) is 5.75 Å². The van der Waals surface area contributed by atoms with Crippen LogP contribution in [-0.4, -0.2) is 28.2 Å². The predicted octanol–water partition coefficient (Wildman–Crippen LogP) is 3.00. The fourth-order valence-electron chi connectivity index (χ4n) is 2.23. The number of rotatable bonds is 3. The van der Waals surface area contributed by atoms with Gasteiger partial charge in [0.2, 0.25) is 0 Å². The van der Waals surface area contributed by atoms with Gasteiger partial charge in [0.25, 0.3) is 0 Å². The number of hydrogen-bond acceptors (Lipinski definition) is 4. The van der Waals surface area contributed by atoms with Gasteiger partial charge in [-0.3, -0.25) is 4.98 Å². The normalized spacial score (nSPS) is 10.5. The maximum atomic E-state index is 11.5. The number of hydrogen-bond donors (Lipinski definition) is 1. The summed E-state index contributed by atoms with van der Waals surface area (Å²) in [5.74, 6) is -0.449. The van der Waals surface area contributed by atoms with E-state index in [0.29, 0.717) is 27.9 Å². The summed E-state index contributed by atoms with van der Waals surface area (Å²) >= 11 is 0. The molecular formula is C16H12N2O3. The van der Waals surface area contributed by atoms with Crippen molar-refractivity contribution in [1.29, 1.82) is 0 Å². The Balaban J connectivity index is 2.34. The molecule has 0 amide bonds. The Labute approximate surface area is 120 Å². The monoisotopic (exact) mass is 280 g/mol. The minimum Gasteiger partial charge on any atom is -0.496 e. The van der Waals surface area contributed by atoms with E-state index >= 15 is 0 Å². The fourth-order valence-corrected chi connectivity index (χ4v) is 2.23. The highest BCUT2D eigenvalue weighted by Crippen LogP contribution is 2.32. The number of ether oxygens (including phenoxy) is 1. The van der Waals surface area contributed by atoms with Gasteiger partial charge in [-0.05, 0) is 24.3 Å². The van der Waals surface area contributed by atoms with Gasteiger partial charge in [0, 0.05) is 23.3 Å². The predicted molar refractivity (Wildman–Crippen MR) is 78.5 cm³/mol. The number of pyridine rings is 2. The Hall–Kier alpha value is -2.95. The molecule has 21 heavy (non-hydrogen) atoms. The first-order valence-electron chi connectivity index (χ1n) is 6.32. The second-order valence-corrected chi connectivity index (χ2v) is 4.46. The molecule has 0 aliphatic carbocycles. The summed E-state index contributed by atoms with van der Waals surface area (Å²) in [6.45, 7) is 0. The van der Waals surface area contributed by atoms with Crippen LogP contribution in [0, 0.1) is 0 Å². The fraction of sp³-hybridized carbons (Fsp3) is 0.0625. The molecule has 0 unspecified atom stereocenters. The number of para-hydroxylation sites is 1. The molecule has 1 N–H and O–H groups in total. The molecule has 2 aromatic heterocycles. The zero-order valence-electron chi connectivity index (χ0n) is 11.3. The van der Waals surface area contributed by atoms with E-state index in [-0.39, 0.29) is 5.56 Å². The summed E-state index contributed by atoms with van der Waals surface area (Å²) in [6.07, 6.45) is 3.22. The number of fused-ring (bicyclic) bond motifs is 1. The molecule has 0 bridgehead atoms. The average Bonchev–Trinajstić information content (AvgIpc) is 2.53. The number of aromatic carboxylic acids is 1. The lowest BCUT2D eigenvalue weighted by Gasteiger charge is -2.11. The maximum absolute atomic E-state index is 11.5. The average molecular weight is 280 g/mol. The van der Waals surface area contributed by atoms with E-state index in [1.54, 1.807) is 43.8 Å². The van der Waals surface area contributed by atoms with Gasteiger partial charge in [0.1, 0.15) is 5.75 Å². The Morgan fingerprint density at radius 3 is 2.81 bits per heavy atom. The van der Waals surface area contributed by atoms with Gasteiger partial charge in [-0.15, -0.1) is 0 Å². The smallest absolute Gasteiger partial charge is 0.337 e. The topological polar surface area (TPSA) is 72.3 Å². The molecule has 0 saturated carbocycles. The number of methoxy groups -OCH3 is 1. The third-order valence-corrected chi connectivity index (χ3v) is 3.21. The summed E-state index contributed by atoms with van der Waals surface area (Å²) in [7, 11) is 1.55. The highest BCUT2D eigenvalue weighted by Gasteiger charge is 2.17. The van der Waals surface area contributed by atoms with E-state index in [4.69, 9.17) is 4.74 Å². The van der Waals surface area contributed by atoms with Gasteiger partial charge in [0.15, 0.2) is 0 Å². The van der Waals surface area contributed by atoms with Crippen LogP contribution in [0.1, 0.15) is 10.4 Å². The number of benzene rings is 1. The van der Waals surface area contributed by atoms with E-state index in [0.717, 1.165) is 0 Å². The molecule has 3 rings (SSSR count). The van der Waals surface area contributed by atoms with Crippen LogP contribution >= 0.6 is 0 Å². The van der Waals surface area contributed by atoms with Crippen molar-refractivity contribution in [3.63, 3.8) is 0 Å². The van der Waals surface area contributed by atoms with Gasteiger partial charge in [-0.25, -0.2) is 9.78 Å². The summed E-state index contributed by atoms with van der Waals surface area (Å²) < 4.78 is 5.30. The zero-order chi connectivity index (χ0) is 14.8. The molecule has 3 aromatic rings. The van der Waals surface area contributed by atoms with Crippen molar-refractivity contribution in [3.8, 4) is 17.0 Å². The van der Waals surface area contributed by atoms with Crippen molar-refractivity contribution in [1.82, 2.24) is 9.97 Å². The number of nitrogens with zero attached hydrogens (tertiary/aromatic N) is 2. The van der Waals surface area contributed by atoms with Crippen molar-refractivity contribution < 1.29 is 14.6 Å². The standard InChI is InChI=1S/C16H12N2O3/c1-21-14-5-3-2-4-11(14)15-12(16(19)20)8-10-9-17-7-6-13(10)18-15/h2-9H,1H3,(H,19,20). The molecular weight excluding hydrogens is 268 g/mol. The molecule has 5 nitrogen and oxygen atoms in total. The lowest BCUT2D eigenvalue weighted by molar-refractivity contribution is 0.0697. The lowest BCUT2D eigenvalue weighted by Crippen LogP contribution is -2.03. The molecule has 0 atom stereocenters. The van der Waals surface area contributed by atoms with E-state index in [9.17, 15) is 9.90 Å². The van der Waals surface area contributed by atoms with Crippen molar-refractivity contribution >= 4 is 16.9 Å². The lowest BCUT2D eigenvalue weighted by atomic mass is 10.0. The molecule has 104 valence electrons. The van der Waals surface area contributed by atoms with Crippen LogP contribution in [0.3, 0.4) is 0 Å². The van der Waals surface area contributed by atoms with Crippen molar-refractivity contribution in [2.45, 2.75) is 0 Å². The highest BCUT2D eigenvalue weighted by molar-refractivity contribution is 5.99. The second-order valence-electron chi connectivity index (χ2n) is 4.46. The van der Waals surface area contributed by atoms with Crippen LogP contribution < -0.4 is 4.74 Å². The van der Waals surface area contributed by atoms with Gasteiger partial charge in [0.05, 0.1) is 23.9 Å². The van der Waals surface area contributed by atoms with Crippen LogP contribution in [0.4, 0.5) is 0 Å². The zero-order valence-corrected chi connectivity index (χ0v) is 11.3. The molecule has 2 heterocycles. The minimum absolute atomic E-state index is 0.125. The van der Waals surface area contributed by atoms with Gasteiger partial charge in [-0.2, -0.15) is 0 Å². The Morgan fingerprint density at radius 2 is 2.05 bits per heavy atom. The molecule has 0 aliphatic rings. The van der Waals surface area contributed by atoms with E-state index in [1.807, 2.05) is 12.1 Å². The summed E-state index contributed by atoms with van der Waals surface area (Å²) in [6, 6.07) is 10.6. The quantitative estimate of drug-likeness (QED) is 0.798. The van der Waals surface area contributed by atoms with Crippen molar-refractivity contribution in [2.24, 2.45) is 0 Å². The molecule has 0 spiro atoms. The molecule has 0 radical (unpaired) electrons. The first kappa shape index (κ1) is 13.1. The van der Waals surface area contributed by atoms with Crippen molar-refractivity contribution in [3.05, 3.63) is 54.4 Å². The summed E-state index contributed by atoms with van der Waals surface area (Å²) in [5, 5.41) is 10.1. The SMILES string of the molecule is COc1ccccc1-c1nc2ccncc2cc1C(=O)O. The largest absolute Gasteiger partial charge is 0.496 e. The first-order valence-corrected chi connectivity index (χ1v) is 6.32. The van der Waals surface area contributed by atoms with Crippen LogP contribution in [0.2, 0.25) is 0 Å². The van der Waals surface area contributed by atoms with E-state index < -0.39 is 5.97 Å². The first-order chi connectivity index (χ1) is 10.2. The second kappa shape index (κ2) is 5.20. The Bertz CT molecular complexity index is 831. The number of carboxylic acids is 1. The number of carbonyl (C=O) groups is 1. The van der Waals surface area contributed by atoms with Crippen LogP contribution in [0.25, 0.3) is 22.2 Å². The van der Waals surface area contributed by atoms with E-state index in [1.165, 1.54) is 0 Å². The Morgan fingerprint density at radius 1 is 1.24 bits per heavy atom. The van der Waals surface area contributed by atoms with E-state index in [2.05, 4.69) is 9.97 Å². The van der Waals surface area contributed by atoms with Crippen molar-refractivity contribution in [2.75, 3.05) is 7.11 Å². The van der Waals surface area contributed by atoms with Crippen LogP contribution in [-0.2, 0) is 0 Å². The molecule has 0 fully saturated rings.